The van der Waals surface area contributed by atoms with Gasteiger partial charge < -0.3 is 20.9 Å². The summed E-state index contributed by atoms with van der Waals surface area (Å²) in [5.41, 5.74) is 5.83. The van der Waals surface area contributed by atoms with Gasteiger partial charge in [-0.25, -0.2) is 0 Å². The molecule has 2 unspecified atom stereocenters. The van der Waals surface area contributed by atoms with Crippen LogP contribution in [0.4, 0.5) is 0 Å². The molecule has 5 nitrogen and oxygen atoms in total. The third-order valence-corrected chi connectivity index (χ3v) is 3.94. The summed E-state index contributed by atoms with van der Waals surface area (Å²) in [5, 5.41) is 2.93. The largest absolute Gasteiger partial charge is 0.354 e. The van der Waals surface area contributed by atoms with Crippen LogP contribution in [0.3, 0.4) is 0 Å². The molecule has 0 bridgehead atoms. The zero-order valence-corrected chi connectivity index (χ0v) is 12.9. The summed E-state index contributed by atoms with van der Waals surface area (Å²) in [4.78, 5) is 16.5. The fourth-order valence-corrected chi connectivity index (χ4v) is 2.71. The molecule has 0 aromatic heterocycles. The summed E-state index contributed by atoms with van der Waals surface area (Å²) >= 11 is 0. The Hall–Kier alpha value is -0.650. The average molecular weight is 270 g/mol. The van der Waals surface area contributed by atoms with Gasteiger partial charge in [0.2, 0.25) is 5.91 Å². The molecule has 3 N–H and O–H groups in total. The minimum atomic E-state index is 0.0945. The van der Waals surface area contributed by atoms with Gasteiger partial charge in [0.05, 0.1) is 0 Å². The standard InChI is InChI=1S/C14H30N4O/c1-11(2)16-14(19)8-13(9-15)18(4)10-12-6-5-7-17(12)3/h11-13H,5-10,15H2,1-4H3,(H,16,19). The van der Waals surface area contributed by atoms with Gasteiger partial charge in [-0.1, -0.05) is 0 Å². The van der Waals surface area contributed by atoms with Gasteiger partial charge in [0.25, 0.3) is 0 Å². The van der Waals surface area contributed by atoms with Crippen molar-refractivity contribution in [3.63, 3.8) is 0 Å². The Morgan fingerprint density at radius 1 is 1.53 bits per heavy atom. The molecule has 0 radical (unpaired) electrons. The predicted octanol–water partition coefficient (Wildman–Crippen LogP) is 0.254. The molecule has 1 aliphatic rings. The van der Waals surface area contributed by atoms with E-state index in [2.05, 4.69) is 29.2 Å². The number of carbonyl (C=O) groups excluding carboxylic acids is 1. The van der Waals surface area contributed by atoms with Crippen molar-refractivity contribution in [2.45, 2.75) is 51.2 Å². The Labute approximate surface area is 117 Å². The number of carbonyl (C=O) groups is 1. The molecule has 112 valence electrons. The highest BCUT2D eigenvalue weighted by molar-refractivity contribution is 5.76. The van der Waals surface area contributed by atoms with Crippen molar-refractivity contribution in [1.82, 2.24) is 15.1 Å². The Morgan fingerprint density at radius 2 is 2.21 bits per heavy atom. The van der Waals surface area contributed by atoms with Gasteiger partial charge in [-0.05, 0) is 47.3 Å². The molecule has 1 saturated heterocycles. The van der Waals surface area contributed by atoms with Gasteiger partial charge in [0.1, 0.15) is 0 Å². The number of nitrogens with two attached hydrogens (primary N) is 1. The first kappa shape index (κ1) is 16.4. The fourth-order valence-electron chi connectivity index (χ4n) is 2.71. The van der Waals surface area contributed by atoms with Gasteiger partial charge in [0.15, 0.2) is 0 Å². The molecular formula is C14H30N4O. The van der Waals surface area contributed by atoms with Gasteiger partial charge in [-0.2, -0.15) is 0 Å². The second kappa shape index (κ2) is 7.82. The van der Waals surface area contributed by atoms with Crippen molar-refractivity contribution in [1.29, 1.82) is 0 Å². The molecule has 1 heterocycles. The lowest BCUT2D eigenvalue weighted by Gasteiger charge is -2.31. The molecule has 1 aliphatic heterocycles. The maximum absolute atomic E-state index is 11.8. The van der Waals surface area contributed by atoms with Crippen LogP contribution in [0.15, 0.2) is 0 Å². The number of hydrogen-bond acceptors (Lipinski definition) is 4. The van der Waals surface area contributed by atoms with Crippen LogP contribution in [-0.2, 0) is 4.79 Å². The highest BCUT2D eigenvalue weighted by Crippen LogP contribution is 2.16. The van der Waals surface area contributed by atoms with Crippen LogP contribution < -0.4 is 11.1 Å². The van der Waals surface area contributed by atoms with Crippen molar-refractivity contribution in [2.75, 3.05) is 33.7 Å². The van der Waals surface area contributed by atoms with Crippen LogP contribution in [-0.4, -0.2) is 67.6 Å². The maximum atomic E-state index is 11.8. The van der Waals surface area contributed by atoms with E-state index in [9.17, 15) is 4.79 Å². The lowest BCUT2D eigenvalue weighted by Crippen LogP contribution is -2.47. The van der Waals surface area contributed by atoms with Crippen LogP contribution >= 0.6 is 0 Å². The highest BCUT2D eigenvalue weighted by atomic mass is 16.1. The van der Waals surface area contributed by atoms with Crippen LogP contribution in [0.25, 0.3) is 0 Å². The SMILES string of the molecule is CC(C)NC(=O)CC(CN)N(C)CC1CCCN1C. The van der Waals surface area contributed by atoms with E-state index in [0.717, 1.165) is 6.54 Å². The maximum Gasteiger partial charge on any atom is 0.221 e. The van der Waals surface area contributed by atoms with E-state index in [1.165, 1.54) is 19.4 Å². The van der Waals surface area contributed by atoms with E-state index < -0.39 is 0 Å². The number of nitrogens with one attached hydrogen (secondary N) is 1. The molecule has 0 aliphatic carbocycles. The molecule has 1 amide bonds. The van der Waals surface area contributed by atoms with Gasteiger partial charge in [-0.15, -0.1) is 0 Å². The zero-order valence-electron chi connectivity index (χ0n) is 12.9. The molecule has 0 spiro atoms. The molecule has 0 aromatic carbocycles. The number of amides is 1. The van der Waals surface area contributed by atoms with Crippen molar-refractivity contribution >= 4 is 5.91 Å². The van der Waals surface area contributed by atoms with Crippen LogP contribution in [0.2, 0.25) is 0 Å². The smallest absolute Gasteiger partial charge is 0.221 e. The third-order valence-electron chi connectivity index (χ3n) is 3.94. The third kappa shape index (κ3) is 5.47. The van der Waals surface area contributed by atoms with Crippen molar-refractivity contribution < 1.29 is 4.79 Å². The number of likely N-dealkylation sites (tertiary alicyclic amines) is 1. The fraction of sp³-hybridized carbons (Fsp3) is 0.929. The monoisotopic (exact) mass is 270 g/mol. The first-order chi connectivity index (χ1) is 8.93. The van der Waals surface area contributed by atoms with Crippen molar-refractivity contribution in [3.8, 4) is 0 Å². The van der Waals surface area contributed by atoms with Crippen LogP contribution in [0, 0.1) is 0 Å². The Morgan fingerprint density at radius 3 is 2.68 bits per heavy atom. The topological polar surface area (TPSA) is 61.6 Å². The number of hydrogen-bond donors (Lipinski definition) is 2. The average Bonchev–Trinajstić information content (AvgIpc) is 2.71. The van der Waals surface area contributed by atoms with Gasteiger partial charge in [-0.3, -0.25) is 4.79 Å². The summed E-state index contributed by atoms with van der Waals surface area (Å²) in [6, 6.07) is 0.928. The number of rotatable bonds is 7. The van der Waals surface area contributed by atoms with E-state index in [0.29, 0.717) is 19.0 Å². The second-order valence-corrected chi connectivity index (χ2v) is 6.03. The Balaban J connectivity index is 2.42. The van der Waals surface area contributed by atoms with E-state index >= 15 is 0 Å². The van der Waals surface area contributed by atoms with E-state index in [4.69, 9.17) is 5.73 Å². The molecule has 2 atom stereocenters. The first-order valence-corrected chi connectivity index (χ1v) is 7.34. The van der Waals surface area contributed by atoms with E-state index in [-0.39, 0.29) is 18.0 Å². The minimum Gasteiger partial charge on any atom is -0.354 e. The molecular weight excluding hydrogens is 240 g/mol. The lowest BCUT2D eigenvalue weighted by atomic mass is 10.1. The van der Waals surface area contributed by atoms with E-state index in [1.54, 1.807) is 0 Å². The van der Waals surface area contributed by atoms with E-state index in [1.807, 2.05) is 13.8 Å². The second-order valence-electron chi connectivity index (χ2n) is 6.03. The molecule has 5 heteroatoms. The van der Waals surface area contributed by atoms with Crippen LogP contribution in [0.1, 0.15) is 33.1 Å². The van der Waals surface area contributed by atoms with Crippen LogP contribution in [0.5, 0.6) is 0 Å². The molecule has 19 heavy (non-hydrogen) atoms. The first-order valence-electron chi connectivity index (χ1n) is 7.34. The Bertz CT molecular complexity index is 283. The van der Waals surface area contributed by atoms with Crippen molar-refractivity contribution in [3.05, 3.63) is 0 Å². The summed E-state index contributed by atoms with van der Waals surface area (Å²) in [6.45, 7) is 6.66. The minimum absolute atomic E-state index is 0.0945. The predicted molar refractivity (Wildman–Crippen MR) is 79.0 cm³/mol. The number of nitrogens with zero attached hydrogens (tertiary/aromatic N) is 2. The Kier molecular flexibility index (Phi) is 6.75. The highest BCUT2D eigenvalue weighted by Gasteiger charge is 2.25. The molecule has 0 aromatic rings. The normalized spacial score (nSPS) is 22.2. The summed E-state index contributed by atoms with van der Waals surface area (Å²) in [7, 11) is 4.25. The van der Waals surface area contributed by atoms with Gasteiger partial charge >= 0.3 is 0 Å². The quantitative estimate of drug-likeness (QED) is 0.696. The zero-order chi connectivity index (χ0) is 14.4. The molecule has 1 rings (SSSR count). The van der Waals surface area contributed by atoms with Gasteiger partial charge in [0, 0.05) is 37.6 Å². The summed E-state index contributed by atoms with van der Waals surface area (Å²) < 4.78 is 0. The summed E-state index contributed by atoms with van der Waals surface area (Å²) in [5.74, 6) is 0.0945. The molecule has 0 saturated carbocycles. The van der Waals surface area contributed by atoms with Crippen molar-refractivity contribution in [2.24, 2.45) is 5.73 Å². The molecule has 1 fully saturated rings. The summed E-state index contributed by atoms with van der Waals surface area (Å²) in [6.07, 6.45) is 3.01. The lowest BCUT2D eigenvalue weighted by molar-refractivity contribution is -0.122. The number of likely N-dealkylation sites (N-methyl/N-ethyl adjacent to an activating group) is 2.